The highest BCUT2D eigenvalue weighted by Gasteiger charge is 2.43. The van der Waals surface area contributed by atoms with E-state index in [0.29, 0.717) is 45.1 Å². The number of hydrogen-bond donors (Lipinski definition) is 2. The summed E-state index contributed by atoms with van der Waals surface area (Å²) in [5.74, 6) is -0.737. The fourth-order valence-electron chi connectivity index (χ4n) is 3.81. The zero-order chi connectivity index (χ0) is 20.4. The number of fused-ring (bicyclic) bond motifs is 1. The Morgan fingerprint density at radius 3 is 2.55 bits per heavy atom. The Labute approximate surface area is 166 Å². The molecule has 4 rings (SSSR count). The molecule has 1 atom stereocenters. The van der Waals surface area contributed by atoms with Crippen LogP contribution in [0, 0.1) is 0 Å². The van der Waals surface area contributed by atoms with Crippen molar-refractivity contribution in [3.05, 3.63) is 64.7 Å². The second kappa shape index (κ2) is 8.04. The summed E-state index contributed by atoms with van der Waals surface area (Å²) in [6, 6.07) is 9.27. The summed E-state index contributed by atoms with van der Waals surface area (Å²) in [7, 11) is 0. The molecule has 0 radical (unpaired) electrons. The Morgan fingerprint density at radius 1 is 1.07 bits per heavy atom. The largest absolute Gasteiger partial charge is 0.412 e. The molecule has 0 saturated carbocycles. The fourth-order valence-corrected chi connectivity index (χ4v) is 3.81. The number of anilines is 1. The molecule has 1 saturated heterocycles. The number of nitrogens with one attached hydrogen (secondary N) is 2. The Balaban J connectivity index is 1.63. The van der Waals surface area contributed by atoms with Crippen LogP contribution in [0.2, 0.25) is 0 Å². The van der Waals surface area contributed by atoms with Crippen molar-refractivity contribution in [2.75, 3.05) is 31.2 Å². The minimum Gasteiger partial charge on any atom is -0.378 e. The van der Waals surface area contributed by atoms with E-state index < -0.39 is 18.1 Å². The van der Waals surface area contributed by atoms with Gasteiger partial charge in [0.05, 0.1) is 13.2 Å². The van der Waals surface area contributed by atoms with Crippen LogP contribution < -0.4 is 15.5 Å². The van der Waals surface area contributed by atoms with Crippen molar-refractivity contribution in [3.63, 3.8) is 0 Å². The minimum absolute atomic E-state index is 0.0399. The Bertz CT molecular complexity index is 895. The van der Waals surface area contributed by atoms with Crippen molar-refractivity contribution in [3.8, 4) is 0 Å². The molecule has 1 amide bonds. The first kappa shape index (κ1) is 19.7. The minimum atomic E-state index is -4.63. The monoisotopic (exact) mass is 405 g/mol. The molecule has 0 aromatic heterocycles. The molecule has 154 valence electrons. The van der Waals surface area contributed by atoms with Crippen molar-refractivity contribution in [1.82, 2.24) is 10.6 Å². The number of para-hydroxylation sites is 1. The topological polar surface area (TPSA) is 53.6 Å². The molecular weight excluding hydrogens is 383 g/mol. The molecule has 2 heterocycles. The first-order chi connectivity index (χ1) is 13.9. The molecule has 29 heavy (non-hydrogen) atoms. The van der Waals surface area contributed by atoms with Gasteiger partial charge in [-0.05, 0) is 29.3 Å². The summed E-state index contributed by atoms with van der Waals surface area (Å²) in [4.78, 5) is 14.6. The van der Waals surface area contributed by atoms with Crippen LogP contribution in [-0.2, 0) is 17.8 Å². The summed E-state index contributed by atoms with van der Waals surface area (Å²) < 4.78 is 47.3. The Morgan fingerprint density at radius 2 is 1.79 bits per heavy atom. The average molecular weight is 405 g/mol. The third-order valence-corrected chi connectivity index (χ3v) is 5.30. The lowest BCUT2D eigenvalue weighted by atomic mass is 10.0. The van der Waals surface area contributed by atoms with Crippen LogP contribution in [-0.4, -0.2) is 38.4 Å². The number of nitrogens with zero attached hydrogens (tertiary/aromatic N) is 1. The second-order valence-electron chi connectivity index (χ2n) is 7.19. The van der Waals surface area contributed by atoms with E-state index in [1.165, 1.54) is 6.07 Å². The maximum absolute atomic E-state index is 14.0. The van der Waals surface area contributed by atoms with Gasteiger partial charge in [-0.25, -0.2) is 0 Å². The van der Waals surface area contributed by atoms with E-state index in [4.69, 9.17) is 4.74 Å². The van der Waals surface area contributed by atoms with Crippen LogP contribution in [0.1, 0.15) is 33.1 Å². The summed E-state index contributed by atoms with van der Waals surface area (Å²) >= 11 is 0. The molecule has 2 aromatic rings. The summed E-state index contributed by atoms with van der Waals surface area (Å²) in [5.41, 5.74) is 2.74. The molecule has 0 spiro atoms. The molecule has 1 fully saturated rings. The molecule has 2 aromatic carbocycles. The number of ether oxygens (including phenoxy) is 1. The van der Waals surface area contributed by atoms with E-state index in [0.717, 1.165) is 11.1 Å². The maximum Gasteiger partial charge on any atom is 0.412 e. The molecule has 2 N–H and O–H groups in total. The molecule has 8 heteroatoms. The van der Waals surface area contributed by atoms with Crippen LogP contribution in [0.25, 0.3) is 0 Å². The first-order valence-electron chi connectivity index (χ1n) is 9.55. The lowest BCUT2D eigenvalue weighted by Gasteiger charge is -2.33. The van der Waals surface area contributed by atoms with Crippen molar-refractivity contribution in [2.45, 2.75) is 25.3 Å². The normalized spacial score (nSPS) is 17.7. The molecule has 2 aliphatic rings. The lowest BCUT2D eigenvalue weighted by molar-refractivity contribution is -0.155. The highest BCUT2D eigenvalue weighted by atomic mass is 19.4. The summed E-state index contributed by atoms with van der Waals surface area (Å²) in [5, 5.41) is 5.38. The molecular formula is C21H22F3N3O2. The molecule has 0 aliphatic carbocycles. The van der Waals surface area contributed by atoms with Crippen LogP contribution in [0.3, 0.4) is 0 Å². The highest BCUT2D eigenvalue weighted by Crippen LogP contribution is 2.38. The van der Waals surface area contributed by atoms with Gasteiger partial charge in [0.15, 0.2) is 6.04 Å². The van der Waals surface area contributed by atoms with Gasteiger partial charge in [0, 0.05) is 43.0 Å². The van der Waals surface area contributed by atoms with Crippen molar-refractivity contribution < 1.29 is 22.7 Å². The van der Waals surface area contributed by atoms with Gasteiger partial charge in [0.1, 0.15) is 0 Å². The van der Waals surface area contributed by atoms with Gasteiger partial charge in [-0.1, -0.05) is 24.3 Å². The van der Waals surface area contributed by atoms with Crippen LogP contribution in [0.4, 0.5) is 18.9 Å². The summed E-state index contributed by atoms with van der Waals surface area (Å²) in [6.07, 6.45) is -4.63. The van der Waals surface area contributed by atoms with Gasteiger partial charge >= 0.3 is 6.18 Å². The zero-order valence-electron chi connectivity index (χ0n) is 15.8. The predicted octanol–water partition coefficient (Wildman–Crippen LogP) is 3.16. The quantitative estimate of drug-likeness (QED) is 0.821. The second-order valence-corrected chi connectivity index (χ2v) is 7.19. The Hall–Kier alpha value is -2.58. The SMILES string of the molecule is O=C(N[C@H](c1ccccc1N1CCOCC1)C(F)(F)F)c1ccc2c(c1)CNC2. The van der Waals surface area contributed by atoms with Gasteiger partial charge in [-0.15, -0.1) is 0 Å². The maximum atomic E-state index is 14.0. The van der Waals surface area contributed by atoms with Gasteiger partial charge < -0.3 is 20.3 Å². The molecule has 2 aliphatic heterocycles. The fraction of sp³-hybridized carbons (Fsp3) is 0.381. The van der Waals surface area contributed by atoms with Crippen LogP contribution in [0.5, 0.6) is 0 Å². The first-order valence-corrected chi connectivity index (χ1v) is 9.55. The molecule has 0 bridgehead atoms. The number of amides is 1. The van der Waals surface area contributed by atoms with E-state index in [2.05, 4.69) is 10.6 Å². The van der Waals surface area contributed by atoms with Crippen LogP contribution in [0.15, 0.2) is 42.5 Å². The Kier molecular flexibility index (Phi) is 5.47. The van der Waals surface area contributed by atoms with E-state index in [1.54, 1.807) is 36.4 Å². The highest BCUT2D eigenvalue weighted by molar-refractivity contribution is 5.95. The number of halogens is 3. The van der Waals surface area contributed by atoms with E-state index in [-0.39, 0.29) is 11.1 Å². The van der Waals surface area contributed by atoms with Gasteiger partial charge in [-0.3, -0.25) is 4.79 Å². The van der Waals surface area contributed by atoms with Crippen molar-refractivity contribution >= 4 is 11.6 Å². The number of alkyl halides is 3. The van der Waals surface area contributed by atoms with Gasteiger partial charge in [0.2, 0.25) is 0 Å². The number of morpholine rings is 1. The molecule has 0 unspecified atom stereocenters. The van der Waals surface area contributed by atoms with Crippen LogP contribution >= 0.6 is 0 Å². The average Bonchev–Trinajstić information content (AvgIpc) is 3.19. The van der Waals surface area contributed by atoms with E-state index in [9.17, 15) is 18.0 Å². The lowest BCUT2D eigenvalue weighted by Crippen LogP contribution is -2.41. The number of carbonyl (C=O) groups excluding carboxylic acids is 1. The number of benzene rings is 2. The van der Waals surface area contributed by atoms with E-state index >= 15 is 0 Å². The zero-order valence-corrected chi connectivity index (χ0v) is 15.8. The van der Waals surface area contributed by atoms with Gasteiger partial charge in [-0.2, -0.15) is 13.2 Å². The number of carbonyl (C=O) groups is 1. The standard InChI is InChI=1S/C21H22F3N3O2/c22-21(23,24)19(17-3-1-2-4-18(17)27-7-9-29-10-8-27)26-20(28)14-5-6-15-12-25-13-16(15)11-14/h1-6,11,19,25H,7-10,12-13H2,(H,26,28)/t19-/m1/s1. The third-order valence-electron chi connectivity index (χ3n) is 5.30. The van der Waals surface area contributed by atoms with E-state index in [1.807, 2.05) is 4.90 Å². The van der Waals surface area contributed by atoms with Crippen molar-refractivity contribution in [1.29, 1.82) is 0 Å². The molecule has 5 nitrogen and oxygen atoms in total. The predicted molar refractivity (Wildman–Crippen MR) is 103 cm³/mol. The van der Waals surface area contributed by atoms with Crippen molar-refractivity contribution in [2.24, 2.45) is 0 Å². The number of rotatable bonds is 4. The third kappa shape index (κ3) is 4.23. The summed E-state index contributed by atoms with van der Waals surface area (Å²) in [6.45, 7) is 3.25. The smallest absolute Gasteiger partial charge is 0.378 e. The number of hydrogen-bond acceptors (Lipinski definition) is 4. The van der Waals surface area contributed by atoms with Gasteiger partial charge in [0.25, 0.3) is 5.91 Å².